The van der Waals surface area contributed by atoms with Crippen molar-refractivity contribution in [3.63, 3.8) is 0 Å². The summed E-state index contributed by atoms with van der Waals surface area (Å²) in [6.45, 7) is 1.74. The van der Waals surface area contributed by atoms with Gasteiger partial charge in [-0.2, -0.15) is 5.26 Å². The molecule has 0 aliphatic rings. The van der Waals surface area contributed by atoms with Crippen LogP contribution in [0.5, 0.6) is 0 Å². The van der Waals surface area contributed by atoms with Gasteiger partial charge in [-0.1, -0.05) is 6.07 Å². The Kier molecular flexibility index (Phi) is 2.17. The molecule has 0 spiro atoms. The van der Waals surface area contributed by atoms with Gasteiger partial charge in [-0.25, -0.2) is 4.79 Å². The number of nitriles is 1. The van der Waals surface area contributed by atoms with Crippen LogP contribution < -0.4 is 0 Å². The summed E-state index contributed by atoms with van der Waals surface area (Å²) in [5.74, 6) is -0.995. The van der Waals surface area contributed by atoms with Crippen LogP contribution in [0.2, 0.25) is 0 Å². The lowest BCUT2D eigenvalue weighted by molar-refractivity contribution is 0.0698. The Morgan fingerprint density at radius 2 is 2.19 bits per heavy atom. The van der Waals surface area contributed by atoms with Crippen LogP contribution in [-0.4, -0.2) is 15.6 Å². The molecule has 0 aliphatic carbocycles. The van der Waals surface area contributed by atoms with Crippen molar-refractivity contribution in [2.75, 3.05) is 0 Å². The Morgan fingerprint density at radius 1 is 1.50 bits per heavy atom. The molecule has 16 heavy (non-hydrogen) atoms. The van der Waals surface area contributed by atoms with Crippen LogP contribution in [0.25, 0.3) is 10.9 Å². The van der Waals surface area contributed by atoms with Gasteiger partial charge < -0.3 is 9.67 Å². The number of carbonyl (C=O) groups is 1. The molecule has 0 atom stereocenters. The zero-order chi connectivity index (χ0) is 11.9. The predicted octanol–water partition coefficient (Wildman–Crippen LogP) is 2.06. The molecule has 1 heterocycles. The fourth-order valence-corrected chi connectivity index (χ4v) is 1.97. The van der Waals surface area contributed by atoms with E-state index < -0.39 is 5.97 Å². The summed E-state index contributed by atoms with van der Waals surface area (Å²) in [4.78, 5) is 11.2. The summed E-state index contributed by atoms with van der Waals surface area (Å²) >= 11 is 0. The van der Waals surface area contributed by atoms with Crippen molar-refractivity contribution in [3.05, 3.63) is 35.0 Å². The zero-order valence-electron chi connectivity index (χ0n) is 8.98. The number of benzene rings is 1. The molecule has 0 radical (unpaired) electrons. The van der Waals surface area contributed by atoms with Crippen molar-refractivity contribution in [3.8, 4) is 6.07 Å². The van der Waals surface area contributed by atoms with Gasteiger partial charge in [0, 0.05) is 18.1 Å². The number of carboxylic acid groups (broad SMARTS) is 1. The highest BCUT2D eigenvalue weighted by Gasteiger charge is 2.19. The minimum Gasteiger partial charge on any atom is -0.478 e. The Hall–Kier alpha value is -2.28. The van der Waals surface area contributed by atoms with Crippen LogP contribution in [0.3, 0.4) is 0 Å². The third-order valence-electron chi connectivity index (χ3n) is 2.85. The van der Waals surface area contributed by atoms with Gasteiger partial charge in [-0.15, -0.1) is 0 Å². The number of aromatic carboxylic acids is 1. The standard InChI is InChI=1S/C12H10N2O2/c1-7-10(12(15)16)11-8(6-13)4-3-5-9(11)14(7)2/h3-5H,1-2H3,(H,15,16). The maximum atomic E-state index is 11.2. The second-order valence-electron chi connectivity index (χ2n) is 3.64. The minimum absolute atomic E-state index is 0.217. The van der Waals surface area contributed by atoms with E-state index >= 15 is 0 Å². The van der Waals surface area contributed by atoms with Crippen molar-refractivity contribution < 1.29 is 9.90 Å². The number of aromatic nitrogens is 1. The van der Waals surface area contributed by atoms with Crippen LogP contribution in [0.4, 0.5) is 0 Å². The van der Waals surface area contributed by atoms with Gasteiger partial charge in [0.1, 0.15) is 0 Å². The molecule has 0 unspecified atom stereocenters. The average molecular weight is 214 g/mol. The van der Waals surface area contributed by atoms with Crippen molar-refractivity contribution in [1.29, 1.82) is 5.26 Å². The normalized spacial score (nSPS) is 10.3. The van der Waals surface area contributed by atoms with Crippen LogP contribution in [0.15, 0.2) is 18.2 Å². The highest BCUT2D eigenvalue weighted by Crippen LogP contribution is 2.27. The Bertz CT molecular complexity index is 632. The molecule has 0 bridgehead atoms. The van der Waals surface area contributed by atoms with Gasteiger partial charge >= 0.3 is 5.97 Å². The predicted molar refractivity (Wildman–Crippen MR) is 59.3 cm³/mol. The van der Waals surface area contributed by atoms with Crippen molar-refractivity contribution in [1.82, 2.24) is 4.57 Å². The van der Waals surface area contributed by atoms with Crippen molar-refractivity contribution in [2.45, 2.75) is 6.92 Å². The number of aryl methyl sites for hydroxylation is 1. The lowest BCUT2D eigenvalue weighted by Crippen LogP contribution is -1.99. The molecule has 0 aliphatic heterocycles. The van der Waals surface area contributed by atoms with Gasteiger partial charge in [0.25, 0.3) is 0 Å². The first kappa shape index (κ1) is 10.2. The second-order valence-corrected chi connectivity index (χ2v) is 3.64. The van der Waals surface area contributed by atoms with E-state index in [0.29, 0.717) is 16.6 Å². The fraction of sp³-hybridized carbons (Fsp3) is 0.167. The molecular formula is C12H10N2O2. The highest BCUT2D eigenvalue weighted by molar-refractivity contribution is 6.07. The zero-order valence-corrected chi connectivity index (χ0v) is 8.98. The average Bonchev–Trinajstić information content (AvgIpc) is 2.52. The van der Waals surface area contributed by atoms with Gasteiger partial charge in [-0.3, -0.25) is 0 Å². The summed E-state index contributed by atoms with van der Waals surface area (Å²) in [5, 5.41) is 18.7. The molecular weight excluding hydrogens is 204 g/mol. The van der Waals surface area contributed by atoms with E-state index in [1.165, 1.54) is 0 Å². The monoisotopic (exact) mass is 214 g/mol. The first-order chi connectivity index (χ1) is 7.57. The molecule has 80 valence electrons. The highest BCUT2D eigenvalue weighted by atomic mass is 16.4. The van der Waals surface area contributed by atoms with Crippen LogP contribution in [0.1, 0.15) is 21.6 Å². The smallest absolute Gasteiger partial charge is 0.338 e. The van der Waals surface area contributed by atoms with E-state index in [9.17, 15) is 9.90 Å². The fourth-order valence-electron chi connectivity index (χ4n) is 1.97. The molecule has 0 amide bonds. The Labute approximate surface area is 92.3 Å². The van der Waals surface area contributed by atoms with Gasteiger partial charge in [0.05, 0.1) is 22.7 Å². The van der Waals surface area contributed by atoms with Crippen LogP contribution >= 0.6 is 0 Å². The quantitative estimate of drug-likeness (QED) is 0.790. The number of nitrogens with zero attached hydrogens (tertiary/aromatic N) is 2. The second kappa shape index (κ2) is 3.38. The third-order valence-corrected chi connectivity index (χ3v) is 2.85. The van der Waals surface area contributed by atoms with Gasteiger partial charge in [0.2, 0.25) is 0 Å². The Balaban J connectivity index is 3.05. The van der Waals surface area contributed by atoms with E-state index in [0.717, 1.165) is 5.52 Å². The molecule has 0 saturated heterocycles. The number of fused-ring (bicyclic) bond motifs is 1. The van der Waals surface area contributed by atoms with E-state index in [2.05, 4.69) is 0 Å². The maximum absolute atomic E-state index is 11.2. The summed E-state index contributed by atoms with van der Waals surface area (Å²) in [7, 11) is 1.80. The lowest BCUT2D eigenvalue weighted by atomic mass is 10.1. The molecule has 4 heteroatoms. The largest absolute Gasteiger partial charge is 0.478 e. The number of hydrogen-bond acceptors (Lipinski definition) is 2. The number of rotatable bonds is 1. The van der Waals surface area contributed by atoms with E-state index in [1.54, 1.807) is 30.7 Å². The van der Waals surface area contributed by atoms with Gasteiger partial charge in [-0.05, 0) is 19.1 Å². The molecule has 4 nitrogen and oxygen atoms in total. The SMILES string of the molecule is Cc1c(C(=O)O)c2c(C#N)cccc2n1C. The van der Waals surface area contributed by atoms with Gasteiger partial charge in [0.15, 0.2) is 0 Å². The third kappa shape index (κ3) is 1.18. The first-order valence-corrected chi connectivity index (χ1v) is 4.79. The van der Waals surface area contributed by atoms with Crippen molar-refractivity contribution >= 4 is 16.9 Å². The number of hydrogen-bond donors (Lipinski definition) is 1. The molecule has 2 rings (SSSR count). The topological polar surface area (TPSA) is 66.0 Å². The van der Waals surface area contributed by atoms with Crippen molar-refractivity contribution in [2.24, 2.45) is 7.05 Å². The summed E-state index contributed by atoms with van der Waals surface area (Å²) in [6.07, 6.45) is 0. The molecule has 1 N–H and O–H groups in total. The summed E-state index contributed by atoms with van der Waals surface area (Å²) in [5.41, 5.74) is 2.05. The number of carboxylic acids is 1. The van der Waals surface area contributed by atoms with E-state index in [4.69, 9.17) is 5.26 Å². The molecule has 0 fully saturated rings. The molecule has 2 aromatic rings. The summed E-state index contributed by atoms with van der Waals surface area (Å²) < 4.78 is 1.79. The van der Waals surface area contributed by atoms with E-state index in [-0.39, 0.29) is 5.56 Å². The van der Waals surface area contributed by atoms with Crippen LogP contribution in [0, 0.1) is 18.3 Å². The molecule has 0 saturated carbocycles. The maximum Gasteiger partial charge on any atom is 0.338 e. The van der Waals surface area contributed by atoms with Crippen LogP contribution in [-0.2, 0) is 7.05 Å². The molecule has 1 aromatic carbocycles. The molecule has 1 aromatic heterocycles. The minimum atomic E-state index is -0.995. The summed E-state index contributed by atoms with van der Waals surface area (Å²) in [6, 6.07) is 7.23. The lowest BCUT2D eigenvalue weighted by Gasteiger charge is -1.97. The van der Waals surface area contributed by atoms with E-state index in [1.807, 2.05) is 12.1 Å². The Morgan fingerprint density at radius 3 is 2.75 bits per heavy atom. The first-order valence-electron chi connectivity index (χ1n) is 4.79.